The standard InChI is InChI=1S/C15H21NO2.ClH/c1-4-12(3)16-10-14(17)11-18-15-9-7-6-8-13(15)5-2;/h2,6-9,12,14,16-17H,4,10-11H2,1,3H3;1H. The molecule has 0 radical (unpaired) electrons. The van der Waals surface area contributed by atoms with Crippen LogP contribution in [0.3, 0.4) is 0 Å². The largest absolute Gasteiger partial charge is 0.490 e. The van der Waals surface area contributed by atoms with Crippen LogP contribution in [-0.4, -0.2) is 30.4 Å². The number of aliphatic hydroxyl groups is 1. The topological polar surface area (TPSA) is 41.5 Å². The molecule has 3 nitrogen and oxygen atoms in total. The van der Waals surface area contributed by atoms with Gasteiger partial charge < -0.3 is 15.2 Å². The number of halogens is 1. The zero-order valence-electron chi connectivity index (χ0n) is 11.4. The van der Waals surface area contributed by atoms with Gasteiger partial charge in [-0.25, -0.2) is 0 Å². The molecule has 4 heteroatoms. The summed E-state index contributed by atoms with van der Waals surface area (Å²) in [6.07, 6.45) is 5.87. The fourth-order valence-electron chi connectivity index (χ4n) is 1.44. The van der Waals surface area contributed by atoms with Gasteiger partial charge in [0.05, 0.1) is 5.56 Å². The van der Waals surface area contributed by atoms with Gasteiger partial charge in [-0.1, -0.05) is 25.0 Å². The molecule has 0 aliphatic rings. The zero-order valence-corrected chi connectivity index (χ0v) is 12.2. The van der Waals surface area contributed by atoms with Gasteiger partial charge in [0.1, 0.15) is 18.5 Å². The minimum Gasteiger partial charge on any atom is -0.490 e. The summed E-state index contributed by atoms with van der Waals surface area (Å²) in [5.41, 5.74) is 0.708. The Labute approximate surface area is 121 Å². The quantitative estimate of drug-likeness (QED) is 0.754. The van der Waals surface area contributed by atoms with E-state index in [1.807, 2.05) is 24.3 Å². The van der Waals surface area contributed by atoms with Crippen molar-refractivity contribution >= 4 is 12.4 Å². The first-order valence-corrected chi connectivity index (χ1v) is 6.27. The maximum absolute atomic E-state index is 9.78. The normalized spacial score (nSPS) is 12.9. The molecule has 0 spiro atoms. The molecule has 0 aliphatic heterocycles. The Morgan fingerprint density at radius 2 is 2.11 bits per heavy atom. The Balaban J connectivity index is 0.00000324. The summed E-state index contributed by atoms with van der Waals surface area (Å²) in [4.78, 5) is 0. The monoisotopic (exact) mass is 283 g/mol. The third-order valence-electron chi connectivity index (χ3n) is 2.79. The number of rotatable bonds is 7. The molecule has 0 heterocycles. The Morgan fingerprint density at radius 1 is 1.42 bits per heavy atom. The van der Waals surface area contributed by atoms with Crippen molar-refractivity contribution in [1.29, 1.82) is 0 Å². The molecule has 0 aliphatic carbocycles. The van der Waals surface area contributed by atoms with Gasteiger partial charge in [0.25, 0.3) is 0 Å². The highest BCUT2D eigenvalue weighted by molar-refractivity contribution is 5.85. The van der Waals surface area contributed by atoms with Crippen LogP contribution < -0.4 is 10.1 Å². The minimum absolute atomic E-state index is 0. The van der Waals surface area contributed by atoms with Gasteiger partial charge in [0.15, 0.2) is 0 Å². The van der Waals surface area contributed by atoms with Crippen molar-refractivity contribution in [1.82, 2.24) is 5.32 Å². The third-order valence-corrected chi connectivity index (χ3v) is 2.79. The van der Waals surface area contributed by atoms with Crippen LogP contribution in [-0.2, 0) is 0 Å². The van der Waals surface area contributed by atoms with E-state index in [-0.39, 0.29) is 19.0 Å². The smallest absolute Gasteiger partial charge is 0.135 e. The van der Waals surface area contributed by atoms with E-state index in [1.54, 1.807) is 0 Å². The van der Waals surface area contributed by atoms with Crippen molar-refractivity contribution in [2.75, 3.05) is 13.2 Å². The number of terminal acetylenes is 1. The van der Waals surface area contributed by atoms with E-state index in [0.29, 0.717) is 23.9 Å². The zero-order chi connectivity index (χ0) is 13.4. The average molecular weight is 284 g/mol. The fraction of sp³-hybridized carbons (Fsp3) is 0.467. The highest BCUT2D eigenvalue weighted by Gasteiger charge is 2.08. The lowest BCUT2D eigenvalue weighted by Gasteiger charge is -2.16. The van der Waals surface area contributed by atoms with Gasteiger partial charge in [-0.3, -0.25) is 0 Å². The number of nitrogens with one attached hydrogen (secondary N) is 1. The molecule has 106 valence electrons. The molecule has 0 bridgehead atoms. The van der Waals surface area contributed by atoms with Crippen molar-refractivity contribution in [2.45, 2.75) is 32.4 Å². The van der Waals surface area contributed by atoms with Crippen molar-refractivity contribution < 1.29 is 9.84 Å². The molecule has 0 fully saturated rings. The lowest BCUT2D eigenvalue weighted by molar-refractivity contribution is 0.104. The summed E-state index contributed by atoms with van der Waals surface area (Å²) in [6.45, 7) is 4.94. The molecule has 0 aromatic heterocycles. The van der Waals surface area contributed by atoms with E-state index in [0.717, 1.165) is 6.42 Å². The van der Waals surface area contributed by atoms with Crippen LogP contribution in [0.4, 0.5) is 0 Å². The summed E-state index contributed by atoms with van der Waals surface area (Å²) in [5, 5.41) is 13.0. The summed E-state index contributed by atoms with van der Waals surface area (Å²) in [6, 6.07) is 7.75. The highest BCUT2D eigenvalue weighted by atomic mass is 35.5. The SMILES string of the molecule is C#Cc1ccccc1OCC(O)CNC(C)CC.Cl. The van der Waals surface area contributed by atoms with Gasteiger partial charge in [0, 0.05) is 12.6 Å². The first kappa shape index (κ1) is 17.8. The molecular weight excluding hydrogens is 262 g/mol. The molecule has 0 saturated heterocycles. The lowest BCUT2D eigenvalue weighted by atomic mass is 10.2. The summed E-state index contributed by atoms with van der Waals surface area (Å²) >= 11 is 0. The molecule has 19 heavy (non-hydrogen) atoms. The van der Waals surface area contributed by atoms with Crippen LogP contribution >= 0.6 is 12.4 Å². The summed E-state index contributed by atoms with van der Waals surface area (Å²) in [7, 11) is 0. The number of para-hydroxylation sites is 1. The van der Waals surface area contributed by atoms with Crippen molar-refractivity contribution in [2.24, 2.45) is 0 Å². The van der Waals surface area contributed by atoms with Crippen LogP contribution in [0.25, 0.3) is 0 Å². The van der Waals surface area contributed by atoms with Crippen molar-refractivity contribution in [3.63, 3.8) is 0 Å². The van der Waals surface area contributed by atoms with E-state index in [2.05, 4.69) is 25.1 Å². The van der Waals surface area contributed by atoms with Gasteiger partial charge in [-0.2, -0.15) is 0 Å². The Morgan fingerprint density at radius 3 is 2.74 bits per heavy atom. The predicted molar refractivity (Wildman–Crippen MR) is 80.9 cm³/mol. The van der Waals surface area contributed by atoms with E-state index in [1.165, 1.54) is 0 Å². The molecule has 2 unspecified atom stereocenters. The second kappa shape index (κ2) is 9.69. The van der Waals surface area contributed by atoms with E-state index in [4.69, 9.17) is 11.2 Å². The van der Waals surface area contributed by atoms with Crippen LogP contribution in [0, 0.1) is 12.3 Å². The molecule has 0 amide bonds. The highest BCUT2D eigenvalue weighted by Crippen LogP contribution is 2.16. The molecular formula is C15H22ClNO2. The fourth-order valence-corrected chi connectivity index (χ4v) is 1.44. The maximum Gasteiger partial charge on any atom is 0.135 e. The number of hydrogen-bond acceptors (Lipinski definition) is 3. The predicted octanol–water partition coefficient (Wildman–Crippen LogP) is 2.22. The first-order chi connectivity index (χ1) is 8.67. The van der Waals surface area contributed by atoms with E-state index in [9.17, 15) is 5.11 Å². The second-order valence-electron chi connectivity index (χ2n) is 4.32. The van der Waals surface area contributed by atoms with Gasteiger partial charge >= 0.3 is 0 Å². The van der Waals surface area contributed by atoms with E-state index < -0.39 is 6.10 Å². The second-order valence-corrected chi connectivity index (χ2v) is 4.32. The Bertz CT molecular complexity index is 403. The van der Waals surface area contributed by atoms with Gasteiger partial charge in [0.2, 0.25) is 0 Å². The molecule has 1 aromatic rings. The average Bonchev–Trinajstić information content (AvgIpc) is 2.42. The molecule has 2 atom stereocenters. The number of benzene rings is 1. The maximum atomic E-state index is 9.78. The van der Waals surface area contributed by atoms with Crippen molar-refractivity contribution in [3.05, 3.63) is 29.8 Å². The number of hydrogen-bond donors (Lipinski definition) is 2. The van der Waals surface area contributed by atoms with Crippen LogP contribution in [0.1, 0.15) is 25.8 Å². The number of aliphatic hydroxyl groups excluding tert-OH is 1. The molecule has 0 saturated carbocycles. The van der Waals surface area contributed by atoms with Crippen LogP contribution in [0.2, 0.25) is 0 Å². The van der Waals surface area contributed by atoms with Gasteiger partial charge in [-0.15, -0.1) is 18.8 Å². The number of ether oxygens (including phenoxy) is 1. The van der Waals surface area contributed by atoms with Crippen molar-refractivity contribution in [3.8, 4) is 18.1 Å². The summed E-state index contributed by atoms with van der Waals surface area (Å²) in [5.74, 6) is 3.20. The molecule has 1 aromatic carbocycles. The Kier molecular flexibility index (Phi) is 9.07. The molecule has 2 N–H and O–H groups in total. The first-order valence-electron chi connectivity index (χ1n) is 6.27. The third kappa shape index (κ3) is 6.49. The minimum atomic E-state index is -0.537. The lowest BCUT2D eigenvalue weighted by Crippen LogP contribution is -2.36. The molecule has 1 rings (SSSR count). The van der Waals surface area contributed by atoms with E-state index >= 15 is 0 Å². The van der Waals surface area contributed by atoms with Gasteiger partial charge in [-0.05, 0) is 25.5 Å². The van der Waals surface area contributed by atoms with Crippen LogP contribution in [0.15, 0.2) is 24.3 Å². The Hall–Kier alpha value is -1.21. The van der Waals surface area contributed by atoms with Crippen LogP contribution in [0.5, 0.6) is 5.75 Å². The summed E-state index contributed by atoms with van der Waals surface area (Å²) < 4.78 is 5.52.